The molecule has 0 bridgehead atoms. The number of likely N-dealkylation sites (N-methyl/N-ethyl adjacent to an activating group) is 2. The molecule has 1 aromatic carbocycles. The number of nitrogens with one attached hydrogen (secondary N) is 1. The molecule has 1 atom stereocenters. The Hall–Kier alpha value is -1.62. The lowest BCUT2D eigenvalue weighted by Crippen LogP contribution is -2.44. The van der Waals surface area contributed by atoms with Crippen LogP contribution in [0.25, 0.3) is 0 Å². The van der Waals surface area contributed by atoms with E-state index in [1.165, 1.54) is 13.2 Å². The van der Waals surface area contributed by atoms with Crippen LogP contribution in [0.15, 0.2) is 24.3 Å². The highest BCUT2D eigenvalue weighted by molar-refractivity contribution is 5.76. The summed E-state index contributed by atoms with van der Waals surface area (Å²) < 4.78 is 18.1. The maximum atomic E-state index is 13.5. The fraction of sp³-hybridized carbons (Fsp3) is 0.417. The van der Waals surface area contributed by atoms with Gasteiger partial charge in [0.2, 0.25) is 0 Å². The van der Waals surface area contributed by atoms with Gasteiger partial charge in [-0.3, -0.25) is 4.79 Å². The van der Waals surface area contributed by atoms with Crippen LogP contribution in [0.5, 0.6) is 0 Å². The number of rotatable bonds is 5. The molecule has 0 saturated carbocycles. The summed E-state index contributed by atoms with van der Waals surface area (Å²) in [4.78, 5) is 13.1. The van der Waals surface area contributed by atoms with Gasteiger partial charge in [-0.05, 0) is 19.2 Å². The summed E-state index contributed by atoms with van der Waals surface area (Å²) in [5, 5.41) is 2.83. The Morgan fingerprint density at radius 1 is 1.53 bits per heavy atom. The Balaban J connectivity index is 2.74. The summed E-state index contributed by atoms with van der Waals surface area (Å²) >= 11 is 0. The Morgan fingerprint density at radius 3 is 2.71 bits per heavy atom. The quantitative estimate of drug-likeness (QED) is 0.780. The molecule has 0 aromatic heterocycles. The minimum Gasteiger partial charge on any atom is -0.468 e. The van der Waals surface area contributed by atoms with E-state index in [-0.39, 0.29) is 11.8 Å². The van der Waals surface area contributed by atoms with Crippen LogP contribution < -0.4 is 10.2 Å². The number of anilines is 1. The van der Waals surface area contributed by atoms with Gasteiger partial charge in [-0.2, -0.15) is 0 Å². The van der Waals surface area contributed by atoms with E-state index in [1.54, 1.807) is 37.2 Å². The van der Waals surface area contributed by atoms with E-state index in [9.17, 15) is 9.18 Å². The highest BCUT2D eigenvalue weighted by Gasteiger charge is 2.20. The molecule has 0 heterocycles. The number of methoxy groups -OCH3 is 1. The number of carbonyl (C=O) groups excluding carboxylic acids is 1. The lowest BCUT2D eigenvalue weighted by atomic mass is 10.2. The van der Waals surface area contributed by atoms with Crippen molar-refractivity contribution >= 4 is 11.7 Å². The van der Waals surface area contributed by atoms with Crippen molar-refractivity contribution in [3.8, 4) is 0 Å². The fourth-order valence-corrected chi connectivity index (χ4v) is 1.56. The standard InChI is InChI=1S/C12H17FN2O2/c1-14-10(12(16)17-3)8-15(2)11-7-5-4-6-9(11)13/h4-7,10,14H,8H2,1-3H3. The van der Waals surface area contributed by atoms with Gasteiger partial charge < -0.3 is 15.0 Å². The van der Waals surface area contributed by atoms with Crippen molar-refractivity contribution < 1.29 is 13.9 Å². The van der Waals surface area contributed by atoms with Gasteiger partial charge in [-0.1, -0.05) is 12.1 Å². The second kappa shape index (κ2) is 6.20. The van der Waals surface area contributed by atoms with E-state index in [0.717, 1.165) is 0 Å². The first-order valence-corrected chi connectivity index (χ1v) is 5.31. The zero-order chi connectivity index (χ0) is 12.8. The first-order valence-electron chi connectivity index (χ1n) is 5.31. The van der Waals surface area contributed by atoms with Crippen molar-refractivity contribution in [3.63, 3.8) is 0 Å². The summed E-state index contributed by atoms with van der Waals surface area (Å²) in [7, 11) is 4.72. The fourth-order valence-electron chi connectivity index (χ4n) is 1.56. The smallest absolute Gasteiger partial charge is 0.324 e. The number of hydrogen-bond acceptors (Lipinski definition) is 4. The van der Waals surface area contributed by atoms with Gasteiger partial charge in [0.05, 0.1) is 12.8 Å². The van der Waals surface area contributed by atoms with Crippen LogP contribution in [0, 0.1) is 5.82 Å². The van der Waals surface area contributed by atoms with Crippen LogP contribution in [0.3, 0.4) is 0 Å². The Morgan fingerprint density at radius 2 is 2.18 bits per heavy atom. The number of para-hydroxylation sites is 1. The summed E-state index contributed by atoms with van der Waals surface area (Å²) in [6.45, 7) is 0.337. The average molecular weight is 240 g/mol. The van der Waals surface area contributed by atoms with Crippen LogP contribution in [0.4, 0.5) is 10.1 Å². The van der Waals surface area contributed by atoms with Crippen LogP contribution >= 0.6 is 0 Å². The number of ether oxygens (including phenoxy) is 1. The summed E-state index contributed by atoms with van der Waals surface area (Å²) in [6.07, 6.45) is 0. The predicted molar refractivity (Wildman–Crippen MR) is 64.5 cm³/mol. The largest absolute Gasteiger partial charge is 0.468 e. The summed E-state index contributed by atoms with van der Waals surface area (Å²) in [6, 6.07) is 5.95. The molecule has 5 heteroatoms. The van der Waals surface area contributed by atoms with Crippen molar-refractivity contribution in [1.29, 1.82) is 0 Å². The molecule has 0 aliphatic heterocycles. The minimum atomic E-state index is -0.482. The molecule has 1 unspecified atom stereocenters. The minimum absolute atomic E-state index is 0.310. The average Bonchev–Trinajstić information content (AvgIpc) is 2.35. The molecular formula is C12H17FN2O2. The number of benzene rings is 1. The SMILES string of the molecule is CNC(CN(C)c1ccccc1F)C(=O)OC. The molecule has 17 heavy (non-hydrogen) atoms. The molecule has 1 N–H and O–H groups in total. The van der Waals surface area contributed by atoms with Gasteiger partial charge >= 0.3 is 5.97 Å². The highest BCUT2D eigenvalue weighted by atomic mass is 19.1. The lowest BCUT2D eigenvalue weighted by molar-refractivity contribution is -0.142. The molecular weight excluding hydrogens is 223 g/mol. The second-order valence-corrected chi connectivity index (χ2v) is 3.70. The van der Waals surface area contributed by atoms with E-state index in [2.05, 4.69) is 10.1 Å². The topological polar surface area (TPSA) is 41.6 Å². The number of nitrogens with zero attached hydrogens (tertiary/aromatic N) is 1. The Kier molecular flexibility index (Phi) is 4.90. The number of carbonyl (C=O) groups is 1. The first-order chi connectivity index (χ1) is 8.10. The molecule has 1 rings (SSSR count). The molecule has 0 fully saturated rings. The van der Waals surface area contributed by atoms with Crippen LogP contribution in [0.1, 0.15) is 0 Å². The zero-order valence-electron chi connectivity index (χ0n) is 10.2. The van der Waals surface area contributed by atoms with Crippen LogP contribution in [0.2, 0.25) is 0 Å². The van der Waals surface area contributed by atoms with Crippen LogP contribution in [-0.2, 0) is 9.53 Å². The van der Waals surface area contributed by atoms with E-state index in [1.807, 2.05) is 0 Å². The number of halogens is 1. The maximum Gasteiger partial charge on any atom is 0.324 e. The van der Waals surface area contributed by atoms with Crippen molar-refractivity contribution in [2.45, 2.75) is 6.04 Å². The predicted octanol–water partition coefficient (Wildman–Crippen LogP) is 1.02. The van der Waals surface area contributed by atoms with Gasteiger partial charge in [-0.25, -0.2) is 4.39 Å². The van der Waals surface area contributed by atoms with E-state index >= 15 is 0 Å². The van der Waals surface area contributed by atoms with Gasteiger partial charge in [0.25, 0.3) is 0 Å². The first kappa shape index (κ1) is 13.4. The Bertz CT molecular complexity index is 385. The third kappa shape index (κ3) is 3.42. The van der Waals surface area contributed by atoms with Gasteiger partial charge in [-0.15, -0.1) is 0 Å². The molecule has 0 aliphatic carbocycles. The molecule has 0 amide bonds. The normalized spacial score (nSPS) is 12.0. The van der Waals surface area contributed by atoms with E-state index in [0.29, 0.717) is 12.2 Å². The third-order valence-electron chi connectivity index (χ3n) is 2.55. The van der Waals surface area contributed by atoms with Gasteiger partial charge in [0.1, 0.15) is 11.9 Å². The van der Waals surface area contributed by atoms with Crippen molar-refractivity contribution in [2.75, 3.05) is 32.6 Å². The molecule has 4 nitrogen and oxygen atoms in total. The molecule has 0 saturated heterocycles. The van der Waals surface area contributed by atoms with Crippen LogP contribution in [-0.4, -0.2) is 39.8 Å². The third-order valence-corrected chi connectivity index (χ3v) is 2.55. The van der Waals surface area contributed by atoms with E-state index in [4.69, 9.17) is 0 Å². The van der Waals surface area contributed by atoms with Crippen molar-refractivity contribution in [2.24, 2.45) is 0 Å². The highest BCUT2D eigenvalue weighted by Crippen LogP contribution is 2.17. The summed E-state index contributed by atoms with van der Waals surface area (Å²) in [5.74, 6) is -0.676. The molecule has 1 aromatic rings. The molecule has 0 aliphatic rings. The van der Waals surface area contributed by atoms with Crippen molar-refractivity contribution in [3.05, 3.63) is 30.1 Å². The van der Waals surface area contributed by atoms with Crippen molar-refractivity contribution in [1.82, 2.24) is 5.32 Å². The molecule has 0 spiro atoms. The van der Waals surface area contributed by atoms with E-state index < -0.39 is 6.04 Å². The maximum absolute atomic E-state index is 13.5. The van der Waals surface area contributed by atoms with Gasteiger partial charge in [0, 0.05) is 13.6 Å². The zero-order valence-corrected chi connectivity index (χ0v) is 10.2. The Labute approximate surface area is 100 Å². The molecule has 0 radical (unpaired) electrons. The number of esters is 1. The van der Waals surface area contributed by atoms with Gasteiger partial charge in [0.15, 0.2) is 0 Å². The molecule has 94 valence electrons. The lowest BCUT2D eigenvalue weighted by Gasteiger charge is -2.24. The second-order valence-electron chi connectivity index (χ2n) is 3.70. The number of hydrogen-bond donors (Lipinski definition) is 1. The monoisotopic (exact) mass is 240 g/mol. The summed E-state index contributed by atoms with van der Waals surface area (Å²) in [5.41, 5.74) is 0.455.